The van der Waals surface area contributed by atoms with Gasteiger partial charge in [-0.1, -0.05) is 80.3 Å². The van der Waals surface area contributed by atoms with Crippen molar-refractivity contribution in [2.75, 3.05) is 0 Å². The van der Waals surface area contributed by atoms with Crippen molar-refractivity contribution in [2.24, 2.45) is 5.92 Å². The Labute approximate surface area is 129 Å². The van der Waals surface area contributed by atoms with Crippen LogP contribution in [0.25, 0.3) is 0 Å². The smallest absolute Gasteiger partial charge is 0.266 e. The molecule has 1 saturated heterocycles. The second-order valence-corrected chi connectivity index (χ2v) is 6.58. The van der Waals surface area contributed by atoms with Crippen molar-refractivity contribution in [3.63, 3.8) is 0 Å². The zero-order valence-electron chi connectivity index (χ0n) is 11.6. The maximum Gasteiger partial charge on any atom is 0.266 e. The first-order valence-corrected chi connectivity index (χ1v) is 7.76. The van der Waals surface area contributed by atoms with Crippen LogP contribution in [-0.4, -0.2) is 15.1 Å². The lowest BCUT2D eigenvalue weighted by molar-refractivity contribution is -0.122. The van der Waals surface area contributed by atoms with Crippen LogP contribution in [-0.2, 0) is 11.3 Å². The molecule has 2 rings (SSSR count). The first kappa shape index (κ1) is 15.0. The van der Waals surface area contributed by atoms with Crippen molar-refractivity contribution in [2.45, 2.75) is 20.4 Å². The van der Waals surface area contributed by atoms with E-state index in [0.29, 0.717) is 21.7 Å². The van der Waals surface area contributed by atoms with E-state index in [2.05, 4.69) is 19.9 Å². The molecular formula is C16H17NOS2. The first-order valence-electron chi connectivity index (χ1n) is 6.54. The number of thioether (sulfide) groups is 1. The Hall–Kier alpha value is -1.39. The molecule has 0 bridgehead atoms. The van der Waals surface area contributed by atoms with Crippen LogP contribution in [0, 0.1) is 5.92 Å². The molecule has 0 radical (unpaired) electrons. The highest BCUT2D eigenvalue weighted by Crippen LogP contribution is 2.32. The van der Waals surface area contributed by atoms with E-state index >= 15 is 0 Å². The van der Waals surface area contributed by atoms with E-state index < -0.39 is 0 Å². The number of nitrogens with zero attached hydrogens (tertiary/aromatic N) is 1. The number of thiocarbonyl (C=S) groups is 1. The Bertz CT molecular complexity index is 561. The van der Waals surface area contributed by atoms with Crippen LogP contribution in [0.15, 0.2) is 53.5 Å². The van der Waals surface area contributed by atoms with Crippen LogP contribution < -0.4 is 0 Å². The maximum absolute atomic E-state index is 12.3. The molecule has 1 amide bonds. The quantitative estimate of drug-likeness (QED) is 0.616. The number of amides is 1. The minimum atomic E-state index is -0.00254. The van der Waals surface area contributed by atoms with Crippen LogP contribution >= 0.6 is 24.0 Å². The summed E-state index contributed by atoms with van der Waals surface area (Å²) in [5.41, 5.74) is 1.09. The number of hydrogen-bond acceptors (Lipinski definition) is 3. The van der Waals surface area contributed by atoms with Gasteiger partial charge in [-0.05, 0) is 17.6 Å². The summed E-state index contributed by atoms with van der Waals surface area (Å²) in [5.74, 6) is 0.470. The molecule has 1 fully saturated rings. The highest BCUT2D eigenvalue weighted by Gasteiger charge is 2.31. The average Bonchev–Trinajstić information content (AvgIpc) is 2.67. The van der Waals surface area contributed by atoms with Gasteiger partial charge in [0.2, 0.25) is 0 Å². The number of benzene rings is 1. The van der Waals surface area contributed by atoms with E-state index in [1.165, 1.54) is 11.8 Å². The Balaban J connectivity index is 2.09. The molecular weight excluding hydrogens is 286 g/mol. The van der Waals surface area contributed by atoms with Gasteiger partial charge in [-0.25, -0.2) is 0 Å². The van der Waals surface area contributed by atoms with Gasteiger partial charge in [-0.2, -0.15) is 0 Å². The topological polar surface area (TPSA) is 20.3 Å². The fourth-order valence-corrected chi connectivity index (χ4v) is 2.99. The SMILES string of the molecule is CC(C)/C=C/C=C1\SC(=S)N(Cc2ccccc2)C1=O. The minimum absolute atomic E-state index is 0.00254. The highest BCUT2D eigenvalue weighted by molar-refractivity contribution is 8.26. The Kier molecular flexibility index (Phi) is 5.15. The van der Waals surface area contributed by atoms with E-state index in [1.807, 2.05) is 42.5 Å². The van der Waals surface area contributed by atoms with E-state index in [-0.39, 0.29) is 5.91 Å². The summed E-state index contributed by atoms with van der Waals surface area (Å²) in [4.78, 5) is 14.7. The molecule has 4 heteroatoms. The molecule has 0 unspecified atom stereocenters. The molecule has 0 aromatic heterocycles. The normalized spacial score (nSPS) is 17.9. The fourth-order valence-electron chi connectivity index (χ4n) is 1.78. The van der Waals surface area contributed by atoms with Crippen LogP contribution in [0.5, 0.6) is 0 Å². The van der Waals surface area contributed by atoms with Gasteiger partial charge >= 0.3 is 0 Å². The minimum Gasteiger partial charge on any atom is -0.288 e. The molecule has 0 atom stereocenters. The van der Waals surface area contributed by atoms with Gasteiger partial charge in [-0.3, -0.25) is 9.69 Å². The van der Waals surface area contributed by atoms with Crippen molar-refractivity contribution in [1.29, 1.82) is 0 Å². The van der Waals surface area contributed by atoms with Gasteiger partial charge in [0.05, 0.1) is 11.4 Å². The van der Waals surface area contributed by atoms with Gasteiger partial charge in [0.1, 0.15) is 4.32 Å². The van der Waals surface area contributed by atoms with E-state index in [9.17, 15) is 4.79 Å². The van der Waals surface area contributed by atoms with Crippen molar-refractivity contribution >= 4 is 34.2 Å². The number of allylic oxidation sites excluding steroid dienone is 3. The molecule has 0 saturated carbocycles. The molecule has 1 aromatic carbocycles. The molecule has 20 heavy (non-hydrogen) atoms. The summed E-state index contributed by atoms with van der Waals surface area (Å²) in [7, 11) is 0. The molecule has 0 spiro atoms. The Morgan fingerprint density at radius 1 is 1.30 bits per heavy atom. The summed E-state index contributed by atoms with van der Waals surface area (Å²) in [6.07, 6.45) is 5.84. The van der Waals surface area contributed by atoms with E-state index in [1.54, 1.807) is 4.90 Å². The molecule has 0 N–H and O–H groups in total. The van der Waals surface area contributed by atoms with Gasteiger partial charge in [-0.15, -0.1) is 0 Å². The predicted octanol–water partition coefficient (Wildman–Crippen LogP) is 4.14. The van der Waals surface area contributed by atoms with Gasteiger partial charge < -0.3 is 0 Å². The summed E-state index contributed by atoms with van der Waals surface area (Å²) in [6, 6.07) is 9.90. The molecule has 1 aromatic rings. The third kappa shape index (κ3) is 3.81. The molecule has 1 aliphatic rings. The summed E-state index contributed by atoms with van der Waals surface area (Å²) >= 11 is 6.67. The monoisotopic (exact) mass is 303 g/mol. The van der Waals surface area contributed by atoms with Crippen molar-refractivity contribution in [1.82, 2.24) is 4.90 Å². The maximum atomic E-state index is 12.3. The summed E-state index contributed by atoms with van der Waals surface area (Å²) < 4.78 is 0.628. The largest absolute Gasteiger partial charge is 0.288 e. The van der Waals surface area contributed by atoms with Gasteiger partial charge in [0.15, 0.2) is 0 Å². The average molecular weight is 303 g/mol. The van der Waals surface area contributed by atoms with Crippen LogP contribution in [0.4, 0.5) is 0 Å². The number of hydrogen-bond donors (Lipinski definition) is 0. The standard InChI is InChI=1S/C16H17NOS2/c1-12(2)7-6-10-14-15(18)17(16(19)20-14)11-13-8-4-3-5-9-13/h3-10,12H,11H2,1-2H3/b7-6+,14-10-. The van der Waals surface area contributed by atoms with Gasteiger partial charge in [0.25, 0.3) is 5.91 Å². The molecule has 1 aliphatic heterocycles. The fraction of sp³-hybridized carbons (Fsp3) is 0.250. The molecule has 1 heterocycles. The van der Waals surface area contributed by atoms with Crippen molar-refractivity contribution in [3.05, 3.63) is 59.0 Å². The van der Waals surface area contributed by atoms with Crippen molar-refractivity contribution < 1.29 is 4.79 Å². The van der Waals surface area contributed by atoms with Gasteiger partial charge in [0, 0.05) is 0 Å². The molecule has 104 valence electrons. The van der Waals surface area contributed by atoms with E-state index in [4.69, 9.17) is 12.2 Å². The third-order valence-corrected chi connectivity index (χ3v) is 4.20. The first-order chi connectivity index (χ1) is 9.58. The van der Waals surface area contributed by atoms with Crippen LogP contribution in [0.1, 0.15) is 19.4 Å². The zero-order chi connectivity index (χ0) is 14.5. The lowest BCUT2D eigenvalue weighted by Gasteiger charge is -2.14. The van der Waals surface area contributed by atoms with Crippen molar-refractivity contribution in [3.8, 4) is 0 Å². The Morgan fingerprint density at radius 3 is 2.65 bits per heavy atom. The van der Waals surface area contributed by atoms with Crippen LogP contribution in [0.3, 0.4) is 0 Å². The second kappa shape index (κ2) is 6.86. The highest BCUT2D eigenvalue weighted by atomic mass is 32.2. The lowest BCUT2D eigenvalue weighted by atomic mass is 10.2. The molecule has 2 nitrogen and oxygen atoms in total. The van der Waals surface area contributed by atoms with Crippen LogP contribution in [0.2, 0.25) is 0 Å². The summed E-state index contributed by atoms with van der Waals surface area (Å²) in [5, 5.41) is 0. The number of carbonyl (C=O) groups is 1. The second-order valence-electron chi connectivity index (χ2n) is 4.90. The zero-order valence-corrected chi connectivity index (χ0v) is 13.2. The third-order valence-electron chi connectivity index (χ3n) is 2.80. The Morgan fingerprint density at radius 2 is 2.00 bits per heavy atom. The number of carbonyl (C=O) groups excluding carboxylic acids is 1. The summed E-state index contributed by atoms with van der Waals surface area (Å²) in [6.45, 7) is 4.74. The lowest BCUT2D eigenvalue weighted by Crippen LogP contribution is -2.27. The predicted molar refractivity (Wildman–Crippen MR) is 89.2 cm³/mol. The molecule has 0 aliphatic carbocycles. The number of rotatable bonds is 4. The van der Waals surface area contributed by atoms with E-state index in [0.717, 1.165) is 5.56 Å².